The Kier molecular flexibility index (Phi) is 37.1. The van der Waals surface area contributed by atoms with Gasteiger partial charge in [0.25, 0.3) is 0 Å². The minimum absolute atomic E-state index is 0.0954. The summed E-state index contributed by atoms with van der Waals surface area (Å²) in [4.78, 5) is 24.2. The predicted octanol–water partition coefficient (Wildman–Crippen LogP) is 12.4. The number of rotatable bonds is 35. The zero-order chi connectivity index (χ0) is 35.0. The fourth-order valence-electron chi connectivity index (χ4n) is 5.35. The molecule has 0 spiro atoms. The van der Waals surface area contributed by atoms with Gasteiger partial charge in [0.15, 0.2) is 6.10 Å². The van der Waals surface area contributed by atoms with Crippen molar-refractivity contribution in [1.82, 2.24) is 0 Å². The molecule has 1 N–H and O–H groups in total. The fraction of sp³-hybridized carbons (Fsp3) is 0.721. The molecular weight excluding hydrogens is 596 g/mol. The lowest BCUT2D eigenvalue weighted by atomic mass is 10.0. The van der Waals surface area contributed by atoms with Crippen molar-refractivity contribution >= 4 is 11.9 Å². The quantitative estimate of drug-likeness (QED) is 0.0413. The molecule has 0 saturated carbocycles. The van der Waals surface area contributed by atoms with Gasteiger partial charge >= 0.3 is 11.9 Å². The van der Waals surface area contributed by atoms with Crippen LogP contribution < -0.4 is 0 Å². The van der Waals surface area contributed by atoms with Crippen LogP contribution in [0.4, 0.5) is 0 Å². The number of carbonyl (C=O) groups is 2. The van der Waals surface area contributed by atoms with Gasteiger partial charge in [-0.1, -0.05) is 177 Å². The maximum atomic E-state index is 12.2. The first kappa shape index (κ1) is 45.6. The third-order valence-corrected chi connectivity index (χ3v) is 8.33. The number of ether oxygens (including phenoxy) is 2. The SMILES string of the molecule is CCC=CCC=CCC=CCC=CCC=CCCCC(=O)OCC(CO)OC(=O)CCCCCCCCCCCCCCCCCCC. The highest BCUT2D eigenvalue weighted by Gasteiger charge is 2.16. The molecule has 0 amide bonds. The topological polar surface area (TPSA) is 72.8 Å². The van der Waals surface area contributed by atoms with Gasteiger partial charge in [0, 0.05) is 12.8 Å². The van der Waals surface area contributed by atoms with Crippen molar-refractivity contribution in [2.24, 2.45) is 0 Å². The average Bonchev–Trinajstić information content (AvgIpc) is 3.09. The van der Waals surface area contributed by atoms with Gasteiger partial charge in [0.05, 0.1) is 6.61 Å². The molecule has 0 aromatic heterocycles. The van der Waals surface area contributed by atoms with Crippen LogP contribution in [0.1, 0.15) is 181 Å². The lowest BCUT2D eigenvalue weighted by Crippen LogP contribution is -2.28. The standard InChI is InChI=1S/C43H74O5/c1-3-5-7-9-11-13-15-17-19-21-23-25-27-29-31-33-35-37-42(45)47-40-41(39-44)48-43(46)38-36-34-32-30-28-26-24-22-20-18-16-14-12-10-8-6-4-2/h5,7,11,13,17,19,23,25,29,31,41,44H,3-4,6,8-10,12,14-16,18,20-22,24,26-28,30,32-40H2,1-2H3. The molecule has 48 heavy (non-hydrogen) atoms. The Bertz CT molecular complexity index is 853. The number of aliphatic hydroxyl groups excluding tert-OH is 1. The first-order valence-corrected chi connectivity index (χ1v) is 19.8. The van der Waals surface area contributed by atoms with E-state index in [1.54, 1.807) is 0 Å². The summed E-state index contributed by atoms with van der Waals surface area (Å²) in [7, 11) is 0. The first-order chi connectivity index (χ1) is 23.6. The number of hydrogen-bond donors (Lipinski definition) is 1. The molecule has 0 heterocycles. The molecule has 276 valence electrons. The van der Waals surface area contributed by atoms with Crippen molar-refractivity contribution in [3.63, 3.8) is 0 Å². The van der Waals surface area contributed by atoms with Crippen LogP contribution in [-0.2, 0) is 19.1 Å². The highest BCUT2D eigenvalue weighted by Crippen LogP contribution is 2.14. The van der Waals surface area contributed by atoms with Gasteiger partial charge in [-0.2, -0.15) is 0 Å². The van der Waals surface area contributed by atoms with Crippen LogP contribution in [0.2, 0.25) is 0 Å². The van der Waals surface area contributed by atoms with E-state index in [-0.39, 0.29) is 25.2 Å². The summed E-state index contributed by atoms with van der Waals surface area (Å²) in [6.07, 6.45) is 50.0. The maximum Gasteiger partial charge on any atom is 0.306 e. The third kappa shape index (κ3) is 36.4. The Morgan fingerprint density at radius 2 is 0.896 bits per heavy atom. The van der Waals surface area contributed by atoms with Crippen molar-refractivity contribution in [3.8, 4) is 0 Å². The van der Waals surface area contributed by atoms with Gasteiger partial charge in [-0.15, -0.1) is 0 Å². The normalized spacial score (nSPS) is 12.8. The number of unbranched alkanes of at least 4 members (excludes halogenated alkanes) is 17. The number of hydrogen-bond acceptors (Lipinski definition) is 5. The van der Waals surface area contributed by atoms with Gasteiger partial charge in [0.1, 0.15) is 6.61 Å². The van der Waals surface area contributed by atoms with Crippen LogP contribution in [0.15, 0.2) is 60.8 Å². The van der Waals surface area contributed by atoms with Crippen molar-refractivity contribution in [1.29, 1.82) is 0 Å². The summed E-state index contributed by atoms with van der Waals surface area (Å²) in [6.45, 7) is 3.97. The highest BCUT2D eigenvalue weighted by atomic mass is 16.6. The molecule has 1 atom stereocenters. The van der Waals surface area contributed by atoms with E-state index in [2.05, 4.69) is 74.6 Å². The van der Waals surface area contributed by atoms with E-state index < -0.39 is 6.10 Å². The van der Waals surface area contributed by atoms with E-state index in [0.717, 1.165) is 57.8 Å². The third-order valence-electron chi connectivity index (χ3n) is 8.33. The van der Waals surface area contributed by atoms with Crippen molar-refractivity contribution in [2.45, 2.75) is 187 Å². The Morgan fingerprint density at radius 1 is 0.500 bits per heavy atom. The molecule has 0 aliphatic heterocycles. The van der Waals surface area contributed by atoms with E-state index in [9.17, 15) is 14.7 Å². The molecule has 5 nitrogen and oxygen atoms in total. The number of aliphatic hydroxyl groups is 1. The molecule has 0 radical (unpaired) electrons. The van der Waals surface area contributed by atoms with E-state index in [1.807, 2.05) is 0 Å². The Hall–Kier alpha value is -2.40. The molecule has 0 aromatic rings. The minimum Gasteiger partial charge on any atom is -0.462 e. The maximum absolute atomic E-state index is 12.2. The van der Waals surface area contributed by atoms with Gasteiger partial charge in [-0.3, -0.25) is 9.59 Å². The number of carbonyl (C=O) groups excluding carboxylic acids is 2. The molecule has 0 aliphatic carbocycles. The first-order valence-electron chi connectivity index (χ1n) is 19.8. The monoisotopic (exact) mass is 671 g/mol. The van der Waals surface area contributed by atoms with Crippen molar-refractivity contribution < 1.29 is 24.2 Å². The van der Waals surface area contributed by atoms with E-state index in [1.165, 1.54) is 89.9 Å². The lowest BCUT2D eigenvalue weighted by Gasteiger charge is -2.15. The molecule has 0 aliphatic rings. The number of esters is 2. The largest absolute Gasteiger partial charge is 0.462 e. The molecule has 0 aromatic carbocycles. The smallest absolute Gasteiger partial charge is 0.306 e. The lowest BCUT2D eigenvalue weighted by molar-refractivity contribution is -0.161. The average molecular weight is 671 g/mol. The van der Waals surface area contributed by atoms with Gasteiger partial charge < -0.3 is 14.6 Å². The molecule has 0 fully saturated rings. The summed E-state index contributed by atoms with van der Waals surface area (Å²) in [6, 6.07) is 0. The Labute approximate surface area is 296 Å². The predicted molar refractivity (Wildman–Crippen MR) is 205 cm³/mol. The second kappa shape index (κ2) is 39.0. The molecule has 1 unspecified atom stereocenters. The summed E-state index contributed by atoms with van der Waals surface area (Å²) >= 11 is 0. The summed E-state index contributed by atoms with van der Waals surface area (Å²) < 4.78 is 10.6. The van der Waals surface area contributed by atoms with Crippen LogP contribution in [0.5, 0.6) is 0 Å². The summed E-state index contributed by atoms with van der Waals surface area (Å²) in [5.41, 5.74) is 0. The van der Waals surface area contributed by atoms with E-state index in [0.29, 0.717) is 19.3 Å². The van der Waals surface area contributed by atoms with Crippen molar-refractivity contribution in [3.05, 3.63) is 60.8 Å². The van der Waals surface area contributed by atoms with Gasteiger partial charge in [-0.05, 0) is 51.4 Å². The zero-order valence-electron chi connectivity index (χ0n) is 31.2. The molecule has 0 rings (SSSR count). The summed E-state index contributed by atoms with van der Waals surface area (Å²) in [5.74, 6) is -0.658. The number of allylic oxidation sites excluding steroid dienone is 10. The second-order valence-electron chi connectivity index (χ2n) is 13.0. The van der Waals surface area contributed by atoms with Gasteiger partial charge in [-0.25, -0.2) is 0 Å². The van der Waals surface area contributed by atoms with Crippen LogP contribution >= 0.6 is 0 Å². The Balaban J connectivity index is 3.64. The molecule has 0 bridgehead atoms. The molecule has 0 saturated heterocycles. The van der Waals surface area contributed by atoms with Crippen LogP contribution in [0.25, 0.3) is 0 Å². The van der Waals surface area contributed by atoms with Crippen LogP contribution in [-0.4, -0.2) is 36.4 Å². The fourth-order valence-corrected chi connectivity index (χ4v) is 5.35. The highest BCUT2D eigenvalue weighted by molar-refractivity contribution is 5.70. The van der Waals surface area contributed by atoms with Gasteiger partial charge in [0.2, 0.25) is 0 Å². The molecule has 5 heteroatoms. The van der Waals surface area contributed by atoms with E-state index in [4.69, 9.17) is 9.47 Å². The Morgan fingerprint density at radius 3 is 1.33 bits per heavy atom. The van der Waals surface area contributed by atoms with Crippen LogP contribution in [0.3, 0.4) is 0 Å². The zero-order valence-corrected chi connectivity index (χ0v) is 31.2. The van der Waals surface area contributed by atoms with Crippen molar-refractivity contribution in [2.75, 3.05) is 13.2 Å². The summed E-state index contributed by atoms with van der Waals surface area (Å²) in [5, 5.41) is 9.55. The molecular formula is C43H74O5. The van der Waals surface area contributed by atoms with Crippen LogP contribution in [0, 0.1) is 0 Å². The second-order valence-corrected chi connectivity index (χ2v) is 13.0. The van der Waals surface area contributed by atoms with E-state index >= 15 is 0 Å². The minimum atomic E-state index is -0.793.